The topological polar surface area (TPSA) is 81.9 Å². The van der Waals surface area contributed by atoms with Gasteiger partial charge in [-0.2, -0.15) is 5.10 Å². The Hall–Kier alpha value is -1.61. The molecule has 0 unspecified atom stereocenters. The van der Waals surface area contributed by atoms with Crippen LogP contribution in [0.3, 0.4) is 0 Å². The van der Waals surface area contributed by atoms with Crippen LogP contribution in [0, 0.1) is 3.57 Å². The largest absolute Gasteiger partial charge is 0.508 e. The highest BCUT2D eigenvalue weighted by molar-refractivity contribution is 14.1. The number of hydrogen-bond donors (Lipinski definition) is 3. The van der Waals surface area contributed by atoms with Crippen molar-refractivity contribution in [1.82, 2.24) is 5.43 Å². The molecular formula is C14H10BrIN2O3. The van der Waals surface area contributed by atoms with E-state index in [1.807, 2.05) is 22.6 Å². The fourth-order valence-electron chi connectivity index (χ4n) is 1.56. The second-order valence-electron chi connectivity index (χ2n) is 4.07. The molecule has 0 bridgehead atoms. The summed E-state index contributed by atoms with van der Waals surface area (Å²) in [5.41, 5.74) is 3.10. The summed E-state index contributed by atoms with van der Waals surface area (Å²) in [6.45, 7) is 0. The molecule has 2 rings (SSSR count). The van der Waals surface area contributed by atoms with Crippen molar-refractivity contribution in [3.8, 4) is 11.5 Å². The molecule has 0 aliphatic carbocycles. The normalized spacial score (nSPS) is 10.8. The summed E-state index contributed by atoms with van der Waals surface area (Å²) in [6, 6.07) is 9.38. The predicted molar refractivity (Wildman–Crippen MR) is 91.7 cm³/mol. The van der Waals surface area contributed by atoms with E-state index in [0.717, 1.165) is 4.47 Å². The Morgan fingerprint density at radius 1 is 1.29 bits per heavy atom. The number of halogens is 2. The van der Waals surface area contributed by atoms with Crippen molar-refractivity contribution in [3.05, 3.63) is 55.6 Å². The number of carbonyl (C=O) groups is 1. The lowest BCUT2D eigenvalue weighted by atomic mass is 10.2. The van der Waals surface area contributed by atoms with Crippen LogP contribution in [0.15, 0.2) is 46.0 Å². The highest BCUT2D eigenvalue weighted by Gasteiger charge is 2.07. The second kappa shape index (κ2) is 6.90. The average Bonchev–Trinajstić information content (AvgIpc) is 2.43. The third-order valence-corrected chi connectivity index (χ3v) is 3.82. The highest BCUT2D eigenvalue weighted by atomic mass is 127. The molecule has 2 aromatic rings. The molecule has 0 heterocycles. The van der Waals surface area contributed by atoms with Crippen molar-refractivity contribution in [2.45, 2.75) is 0 Å². The molecule has 5 nitrogen and oxygen atoms in total. The molecule has 21 heavy (non-hydrogen) atoms. The van der Waals surface area contributed by atoms with Crippen molar-refractivity contribution in [2.24, 2.45) is 5.10 Å². The summed E-state index contributed by atoms with van der Waals surface area (Å²) in [5.74, 6) is -0.355. The van der Waals surface area contributed by atoms with Gasteiger partial charge in [-0.15, -0.1) is 0 Å². The highest BCUT2D eigenvalue weighted by Crippen LogP contribution is 2.27. The monoisotopic (exact) mass is 460 g/mol. The van der Waals surface area contributed by atoms with Crippen molar-refractivity contribution >= 4 is 50.6 Å². The number of amides is 1. The van der Waals surface area contributed by atoms with Crippen LogP contribution >= 0.6 is 38.5 Å². The van der Waals surface area contributed by atoms with E-state index in [9.17, 15) is 15.0 Å². The van der Waals surface area contributed by atoms with Gasteiger partial charge in [0.2, 0.25) is 0 Å². The number of phenols is 2. The Balaban J connectivity index is 2.11. The van der Waals surface area contributed by atoms with Gasteiger partial charge in [0.25, 0.3) is 5.91 Å². The van der Waals surface area contributed by atoms with Crippen LogP contribution in [-0.4, -0.2) is 22.3 Å². The molecule has 0 spiro atoms. The van der Waals surface area contributed by atoms with E-state index in [4.69, 9.17) is 0 Å². The van der Waals surface area contributed by atoms with Gasteiger partial charge in [0.15, 0.2) is 0 Å². The zero-order chi connectivity index (χ0) is 15.4. The van der Waals surface area contributed by atoms with E-state index >= 15 is 0 Å². The summed E-state index contributed by atoms with van der Waals surface area (Å²) in [4.78, 5) is 11.8. The number of carbonyl (C=O) groups excluding carboxylic acids is 1. The number of nitrogens with one attached hydrogen (secondary N) is 1. The molecule has 1 amide bonds. The first-order valence-electron chi connectivity index (χ1n) is 5.78. The lowest BCUT2D eigenvalue weighted by Gasteiger charge is -2.03. The number of rotatable bonds is 3. The minimum absolute atomic E-state index is 0.00539. The van der Waals surface area contributed by atoms with Crippen molar-refractivity contribution in [3.63, 3.8) is 0 Å². The van der Waals surface area contributed by atoms with E-state index in [1.165, 1.54) is 18.3 Å². The molecule has 3 N–H and O–H groups in total. The van der Waals surface area contributed by atoms with Crippen LogP contribution in [0.2, 0.25) is 0 Å². The maximum Gasteiger partial charge on any atom is 0.271 e. The predicted octanol–water partition coefficient (Wildman–Crippen LogP) is 3.23. The maximum absolute atomic E-state index is 11.8. The number of aromatic hydroxyl groups is 2. The van der Waals surface area contributed by atoms with Gasteiger partial charge in [0.05, 0.1) is 9.78 Å². The standard InChI is InChI=1S/C14H10BrIN2O3/c15-10-4-9(13(20)12(16)6-10)7-17-18-14(21)8-2-1-3-11(19)5-8/h1-7,19-20H,(H,18,21)/b17-7+. The Morgan fingerprint density at radius 2 is 2.05 bits per heavy atom. The SMILES string of the molecule is O=C(N/N=C/c1cc(Br)cc(I)c1O)c1cccc(O)c1. The van der Waals surface area contributed by atoms with Crippen LogP contribution in [0.4, 0.5) is 0 Å². The molecule has 2 aromatic carbocycles. The van der Waals surface area contributed by atoms with Gasteiger partial charge in [0.1, 0.15) is 11.5 Å². The van der Waals surface area contributed by atoms with Crippen molar-refractivity contribution in [1.29, 1.82) is 0 Å². The van der Waals surface area contributed by atoms with Crippen LogP contribution < -0.4 is 5.43 Å². The summed E-state index contributed by atoms with van der Waals surface area (Å²) in [5, 5.41) is 23.0. The average molecular weight is 461 g/mol. The number of hydrazone groups is 1. The maximum atomic E-state index is 11.8. The Bertz CT molecular complexity index is 719. The van der Waals surface area contributed by atoms with E-state index in [0.29, 0.717) is 14.7 Å². The quantitative estimate of drug-likeness (QED) is 0.373. The molecule has 0 aliphatic rings. The van der Waals surface area contributed by atoms with Gasteiger partial charge in [-0.3, -0.25) is 4.79 Å². The molecule has 108 valence electrons. The number of benzene rings is 2. The third-order valence-electron chi connectivity index (χ3n) is 2.54. The van der Waals surface area contributed by atoms with E-state index in [1.54, 1.807) is 24.3 Å². The van der Waals surface area contributed by atoms with Gasteiger partial charge in [0, 0.05) is 15.6 Å². The number of hydrogen-bond acceptors (Lipinski definition) is 4. The van der Waals surface area contributed by atoms with E-state index < -0.39 is 5.91 Å². The van der Waals surface area contributed by atoms with Crippen LogP contribution in [0.5, 0.6) is 11.5 Å². The lowest BCUT2D eigenvalue weighted by Crippen LogP contribution is -2.17. The van der Waals surface area contributed by atoms with Gasteiger partial charge >= 0.3 is 0 Å². The molecular weight excluding hydrogens is 451 g/mol. The molecule has 0 atom stereocenters. The zero-order valence-electron chi connectivity index (χ0n) is 10.5. The van der Waals surface area contributed by atoms with Crippen LogP contribution in [-0.2, 0) is 0 Å². The molecule has 0 saturated carbocycles. The minimum atomic E-state index is -0.452. The Labute approximate surface area is 143 Å². The smallest absolute Gasteiger partial charge is 0.271 e. The summed E-state index contributed by atoms with van der Waals surface area (Å²) < 4.78 is 1.47. The molecule has 0 saturated heterocycles. The first-order chi connectivity index (χ1) is 9.97. The van der Waals surface area contributed by atoms with Gasteiger partial charge in [-0.25, -0.2) is 5.43 Å². The van der Waals surface area contributed by atoms with Crippen molar-refractivity contribution in [2.75, 3.05) is 0 Å². The summed E-state index contributed by atoms with van der Waals surface area (Å²) in [6.07, 6.45) is 1.35. The molecule has 7 heteroatoms. The number of nitrogens with zero attached hydrogens (tertiary/aromatic N) is 1. The molecule has 0 radical (unpaired) electrons. The second-order valence-corrected chi connectivity index (χ2v) is 6.15. The third kappa shape index (κ3) is 4.18. The molecule has 0 aromatic heterocycles. The van der Waals surface area contributed by atoms with Gasteiger partial charge in [-0.05, 0) is 52.9 Å². The van der Waals surface area contributed by atoms with Crippen LogP contribution in [0.25, 0.3) is 0 Å². The molecule has 0 aliphatic heterocycles. The van der Waals surface area contributed by atoms with Crippen LogP contribution in [0.1, 0.15) is 15.9 Å². The lowest BCUT2D eigenvalue weighted by molar-refractivity contribution is 0.0954. The Kier molecular flexibility index (Phi) is 5.18. The van der Waals surface area contributed by atoms with E-state index in [2.05, 4.69) is 26.5 Å². The first kappa shape index (κ1) is 15.8. The van der Waals surface area contributed by atoms with Gasteiger partial charge < -0.3 is 10.2 Å². The molecule has 0 fully saturated rings. The summed E-state index contributed by atoms with van der Waals surface area (Å²) in [7, 11) is 0. The fraction of sp³-hybridized carbons (Fsp3) is 0. The first-order valence-corrected chi connectivity index (χ1v) is 7.65. The summed E-state index contributed by atoms with van der Waals surface area (Å²) >= 11 is 5.32. The number of phenolic OH excluding ortho intramolecular Hbond substituents is 2. The zero-order valence-corrected chi connectivity index (χ0v) is 14.3. The minimum Gasteiger partial charge on any atom is -0.508 e. The Morgan fingerprint density at radius 3 is 2.76 bits per heavy atom. The van der Waals surface area contributed by atoms with E-state index in [-0.39, 0.29) is 11.5 Å². The van der Waals surface area contributed by atoms with Gasteiger partial charge in [-0.1, -0.05) is 22.0 Å². The van der Waals surface area contributed by atoms with Crippen molar-refractivity contribution < 1.29 is 15.0 Å². The fourth-order valence-corrected chi connectivity index (χ4v) is 3.11.